The van der Waals surface area contributed by atoms with Crippen molar-refractivity contribution in [3.05, 3.63) is 70.7 Å². The maximum atomic E-state index is 13.5. The Kier molecular flexibility index (Phi) is 6.41. The van der Waals surface area contributed by atoms with Crippen LogP contribution in [0.1, 0.15) is 27.2 Å². The summed E-state index contributed by atoms with van der Waals surface area (Å²) in [5.74, 6) is -1.98. The fourth-order valence-corrected chi connectivity index (χ4v) is 3.60. The summed E-state index contributed by atoms with van der Waals surface area (Å²) in [6.45, 7) is 2.51. The highest BCUT2D eigenvalue weighted by Gasteiger charge is 2.38. The number of ether oxygens (including phenoxy) is 1. The van der Waals surface area contributed by atoms with Crippen LogP contribution in [0, 0.1) is 24.4 Å². The Balaban J connectivity index is 2.07. The lowest BCUT2D eigenvalue weighted by Gasteiger charge is -2.16. The number of aryl methyl sites for hydroxylation is 1. The number of anilines is 1. The predicted molar refractivity (Wildman–Crippen MR) is 112 cm³/mol. The number of rotatable bonds is 5. The maximum absolute atomic E-state index is 13.5. The van der Waals surface area contributed by atoms with E-state index in [9.17, 15) is 26.6 Å². The molecule has 0 fully saturated rings. The lowest BCUT2D eigenvalue weighted by Crippen LogP contribution is -2.21. The molecule has 3 aromatic rings. The van der Waals surface area contributed by atoms with Gasteiger partial charge in [0, 0.05) is 16.8 Å². The summed E-state index contributed by atoms with van der Waals surface area (Å²) in [6.07, 6.45) is -3.69. The van der Waals surface area contributed by atoms with Gasteiger partial charge in [0.1, 0.15) is 17.1 Å². The molecule has 0 bridgehead atoms. The molecule has 1 heterocycles. The zero-order valence-electron chi connectivity index (χ0n) is 17.6. The van der Waals surface area contributed by atoms with Gasteiger partial charge in [0.15, 0.2) is 5.69 Å². The van der Waals surface area contributed by atoms with Crippen molar-refractivity contribution in [2.75, 3.05) is 11.6 Å². The van der Waals surface area contributed by atoms with Crippen LogP contribution in [0.2, 0.25) is 0 Å². The van der Waals surface area contributed by atoms with Gasteiger partial charge in [-0.25, -0.2) is 13.4 Å². The van der Waals surface area contributed by atoms with Crippen LogP contribution in [0.15, 0.2) is 47.4 Å². The van der Waals surface area contributed by atoms with Gasteiger partial charge in [0.2, 0.25) is 0 Å². The molecule has 7 nitrogen and oxygen atoms in total. The van der Waals surface area contributed by atoms with E-state index in [1.807, 2.05) is 0 Å². The topological polar surface area (TPSA) is 105 Å². The molecule has 12 heteroatoms. The van der Waals surface area contributed by atoms with Crippen molar-refractivity contribution in [3.8, 4) is 11.6 Å². The highest BCUT2D eigenvalue weighted by Crippen LogP contribution is 2.35. The lowest BCUT2D eigenvalue weighted by atomic mass is 10.1. The number of nitrogens with one attached hydrogen (secondary N) is 2. The molecule has 33 heavy (non-hydrogen) atoms. The minimum atomic E-state index is -4.88. The molecular formula is C21H18F4N4O3S. The Labute approximate surface area is 186 Å². The Morgan fingerprint density at radius 2 is 1.82 bits per heavy atom. The summed E-state index contributed by atoms with van der Waals surface area (Å²) in [6, 6.07) is 9.20. The summed E-state index contributed by atoms with van der Waals surface area (Å²) >= 11 is 0. The van der Waals surface area contributed by atoms with E-state index in [0.29, 0.717) is 0 Å². The van der Waals surface area contributed by atoms with Gasteiger partial charge in [-0.15, -0.1) is 10.2 Å². The minimum absolute atomic E-state index is 0.0401. The second-order valence-corrected chi connectivity index (χ2v) is 9.35. The van der Waals surface area contributed by atoms with E-state index in [0.717, 1.165) is 13.0 Å². The van der Waals surface area contributed by atoms with E-state index in [-0.39, 0.29) is 21.9 Å². The summed E-state index contributed by atoms with van der Waals surface area (Å²) in [5.41, 5.74) is -2.11. The second kappa shape index (κ2) is 8.77. The van der Waals surface area contributed by atoms with E-state index in [1.54, 1.807) is 0 Å². The van der Waals surface area contributed by atoms with E-state index < -0.39 is 50.3 Å². The van der Waals surface area contributed by atoms with E-state index >= 15 is 0 Å². The number of alkyl halides is 3. The third-order valence-electron chi connectivity index (χ3n) is 4.57. The first-order chi connectivity index (χ1) is 15.3. The fraction of sp³-hybridized carbons (Fsp3) is 0.190. The summed E-state index contributed by atoms with van der Waals surface area (Å²) in [4.78, 5) is 13.1. The molecule has 0 spiro atoms. The second-order valence-electron chi connectivity index (χ2n) is 7.19. The minimum Gasteiger partial charge on any atom is -0.437 e. The van der Waals surface area contributed by atoms with Crippen LogP contribution in [0.5, 0.6) is 11.6 Å². The molecule has 3 rings (SSSR count). The quantitative estimate of drug-likeness (QED) is 0.478. The first-order valence-electron chi connectivity index (χ1n) is 9.31. The number of nitrogens with zero attached hydrogens (tertiary/aromatic N) is 2. The summed E-state index contributed by atoms with van der Waals surface area (Å²) < 4.78 is 78.8. The zero-order valence-corrected chi connectivity index (χ0v) is 18.4. The molecule has 2 N–H and O–H groups in total. The average Bonchev–Trinajstić information content (AvgIpc) is 2.69. The van der Waals surface area contributed by atoms with Crippen LogP contribution in [0.3, 0.4) is 0 Å². The van der Waals surface area contributed by atoms with Gasteiger partial charge in [0.05, 0.1) is 9.73 Å². The monoisotopic (exact) mass is 482 g/mol. The number of carbonyl (C=O) groups is 1. The number of hydrogen-bond acceptors (Lipinski definition) is 6. The van der Waals surface area contributed by atoms with Crippen LogP contribution in [0.25, 0.3) is 0 Å². The standard InChI is InChI=1S/C21H18F4N4O3S/c1-11-9-14(7-8-16(11)22)32-20-17(12(2)18(28-29-20)21(23,24)25)19(30)27-13-5-4-6-15(10-13)33(3,26)31/h4-10,26H,1-3H3,(H,27,30). The van der Waals surface area contributed by atoms with Crippen LogP contribution in [-0.4, -0.2) is 26.6 Å². The fourth-order valence-electron chi connectivity index (χ4n) is 2.91. The largest absolute Gasteiger partial charge is 0.437 e. The third kappa shape index (κ3) is 5.45. The number of amides is 1. The van der Waals surface area contributed by atoms with Crippen molar-refractivity contribution in [1.82, 2.24) is 10.2 Å². The van der Waals surface area contributed by atoms with Gasteiger partial charge in [-0.3, -0.25) is 4.79 Å². The van der Waals surface area contributed by atoms with Crippen LogP contribution in [-0.2, 0) is 15.9 Å². The van der Waals surface area contributed by atoms with Crippen LogP contribution in [0.4, 0.5) is 23.2 Å². The molecule has 1 aromatic heterocycles. The third-order valence-corrected chi connectivity index (χ3v) is 5.72. The zero-order chi connectivity index (χ0) is 24.6. The number of benzene rings is 2. The number of hydrogen-bond donors (Lipinski definition) is 2. The molecule has 1 unspecified atom stereocenters. The van der Waals surface area contributed by atoms with Crippen molar-refractivity contribution >= 4 is 21.3 Å². The molecule has 0 saturated carbocycles. The Morgan fingerprint density at radius 1 is 1.12 bits per heavy atom. The Morgan fingerprint density at radius 3 is 2.42 bits per heavy atom. The molecule has 174 valence electrons. The van der Waals surface area contributed by atoms with Gasteiger partial charge in [0.25, 0.3) is 11.8 Å². The van der Waals surface area contributed by atoms with Crippen LogP contribution >= 0.6 is 0 Å². The Bertz CT molecular complexity index is 1340. The van der Waals surface area contributed by atoms with Crippen molar-refractivity contribution in [3.63, 3.8) is 0 Å². The molecule has 2 aromatic carbocycles. The molecular weight excluding hydrogens is 464 g/mol. The van der Waals surface area contributed by atoms with Gasteiger partial charge in [-0.1, -0.05) is 6.07 Å². The Hall–Kier alpha value is -3.54. The molecule has 1 amide bonds. The highest BCUT2D eigenvalue weighted by atomic mass is 32.2. The SMILES string of the molecule is Cc1cc(Oc2nnc(C(F)(F)F)c(C)c2C(=O)Nc2cccc(S(C)(=N)=O)c2)ccc1F. The molecule has 0 aliphatic rings. The first-order valence-corrected chi connectivity index (χ1v) is 11.3. The van der Waals surface area contributed by atoms with Crippen molar-refractivity contribution in [2.24, 2.45) is 0 Å². The van der Waals surface area contributed by atoms with Gasteiger partial charge in [-0.05, 0) is 61.4 Å². The molecule has 0 aliphatic carbocycles. The molecule has 0 saturated heterocycles. The summed E-state index contributed by atoms with van der Waals surface area (Å²) in [7, 11) is -3.09. The molecule has 1 atom stereocenters. The van der Waals surface area contributed by atoms with Crippen molar-refractivity contribution in [2.45, 2.75) is 24.9 Å². The van der Waals surface area contributed by atoms with Crippen molar-refractivity contribution < 1.29 is 31.3 Å². The highest BCUT2D eigenvalue weighted by molar-refractivity contribution is 7.91. The van der Waals surface area contributed by atoms with Gasteiger partial charge >= 0.3 is 6.18 Å². The first kappa shape index (κ1) is 24.1. The van der Waals surface area contributed by atoms with Gasteiger partial charge < -0.3 is 10.1 Å². The van der Waals surface area contributed by atoms with Crippen LogP contribution < -0.4 is 10.1 Å². The number of carbonyl (C=O) groups excluding carboxylic acids is 1. The number of halogens is 4. The predicted octanol–water partition coefficient (Wildman–Crippen LogP) is 5.33. The van der Waals surface area contributed by atoms with E-state index in [1.165, 1.54) is 49.6 Å². The van der Waals surface area contributed by atoms with Gasteiger partial charge in [-0.2, -0.15) is 13.2 Å². The average molecular weight is 482 g/mol. The van der Waals surface area contributed by atoms with Crippen molar-refractivity contribution in [1.29, 1.82) is 4.78 Å². The maximum Gasteiger partial charge on any atom is 0.435 e. The van der Waals surface area contributed by atoms with E-state index in [2.05, 4.69) is 15.5 Å². The molecule has 0 aliphatic heterocycles. The molecule has 0 radical (unpaired) electrons. The summed E-state index contributed by atoms with van der Waals surface area (Å²) in [5, 5.41) is 9.03. The normalized spacial score (nSPS) is 13.3. The smallest absolute Gasteiger partial charge is 0.435 e. The lowest BCUT2D eigenvalue weighted by molar-refractivity contribution is -0.142. The van der Waals surface area contributed by atoms with E-state index in [4.69, 9.17) is 9.52 Å². The number of aromatic nitrogens is 2.